The number of halogens is 1. The lowest BCUT2D eigenvalue weighted by Crippen LogP contribution is -2.58. The molecule has 2 N–H and O–H groups in total. The van der Waals surface area contributed by atoms with E-state index in [1.807, 2.05) is 31.3 Å². The summed E-state index contributed by atoms with van der Waals surface area (Å²) in [6, 6.07) is 7.98. The Balaban J connectivity index is 2.01. The average Bonchev–Trinajstić information content (AvgIpc) is 2.25. The highest BCUT2D eigenvalue weighted by Crippen LogP contribution is 2.31. The zero-order valence-corrected chi connectivity index (χ0v) is 11.5. The minimum atomic E-state index is -0.596. The number of benzene rings is 1. The molecule has 0 unspecified atom stereocenters. The molecule has 0 aliphatic heterocycles. The first-order chi connectivity index (χ1) is 8.01. The van der Waals surface area contributed by atoms with Crippen molar-refractivity contribution >= 4 is 21.8 Å². The van der Waals surface area contributed by atoms with Crippen molar-refractivity contribution in [3.63, 3.8) is 0 Å². The number of carbonyl (C=O) groups excluding carboxylic acids is 1. The summed E-state index contributed by atoms with van der Waals surface area (Å²) in [4.78, 5) is 13.8. The van der Waals surface area contributed by atoms with E-state index >= 15 is 0 Å². The minimum Gasteiger partial charge on any atom is -0.340 e. The van der Waals surface area contributed by atoms with Crippen LogP contribution in [0.15, 0.2) is 28.7 Å². The summed E-state index contributed by atoms with van der Waals surface area (Å²) in [7, 11) is 1.82. The molecule has 1 aliphatic carbocycles. The van der Waals surface area contributed by atoms with Gasteiger partial charge in [0.1, 0.15) is 0 Å². The molecule has 1 amide bonds. The van der Waals surface area contributed by atoms with Crippen molar-refractivity contribution in [2.24, 2.45) is 5.73 Å². The van der Waals surface area contributed by atoms with Crippen LogP contribution in [0.25, 0.3) is 0 Å². The lowest BCUT2D eigenvalue weighted by Gasteiger charge is -2.39. The molecule has 1 aromatic rings. The molecule has 17 heavy (non-hydrogen) atoms. The molecule has 3 nitrogen and oxygen atoms in total. The standard InChI is InChI=1S/C13H17BrN2O/c1-16(12(17)13(15)6-3-7-13)9-10-4-2-5-11(14)8-10/h2,4-5,8H,3,6-7,9,15H2,1H3. The van der Waals surface area contributed by atoms with Crippen LogP contribution in [0.1, 0.15) is 24.8 Å². The van der Waals surface area contributed by atoms with Gasteiger partial charge in [0, 0.05) is 18.1 Å². The monoisotopic (exact) mass is 296 g/mol. The first kappa shape index (κ1) is 12.6. The van der Waals surface area contributed by atoms with Crippen LogP contribution in [-0.4, -0.2) is 23.4 Å². The Morgan fingerprint density at radius 2 is 2.24 bits per heavy atom. The number of rotatable bonds is 3. The molecule has 0 aromatic heterocycles. The summed E-state index contributed by atoms with van der Waals surface area (Å²) >= 11 is 3.43. The molecular formula is C13H17BrN2O. The lowest BCUT2D eigenvalue weighted by atomic mass is 9.76. The number of nitrogens with two attached hydrogens (primary N) is 1. The van der Waals surface area contributed by atoms with Crippen molar-refractivity contribution in [1.82, 2.24) is 4.90 Å². The van der Waals surface area contributed by atoms with Crippen LogP contribution < -0.4 is 5.73 Å². The van der Waals surface area contributed by atoms with E-state index in [0.29, 0.717) is 6.54 Å². The van der Waals surface area contributed by atoms with Gasteiger partial charge in [0.05, 0.1) is 5.54 Å². The van der Waals surface area contributed by atoms with E-state index in [2.05, 4.69) is 15.9 Å². The molecule has 0 heterocycles. The van der Waals surface area contributed by atoms with Gasteiger partial charge in [-0.25, -0.2) is 0 Å². The molecular weight excluding hydrogens is 280 g/mol. The molecule has 1 aromatic carbocycles. The fourth-order valence-corrected chi connectivity index (χ4v) is 2.58. The maximum atomic E-state index is 12.1. The Morgan fingerprint density at radius 3 is 2.76 bits per heavy atom. The largest absolute Gasteiger partial charge is 0.340 e. The van der Waals surface area contributed by atoms with Gasteiger partial charge >= 0.3 is 0 Å². The fraction of sp³-hybridized carbons (Fsp3) is 0.462. The van der Waals surface area contributed by atoms with Gasteiger partial charge in [0.2, 0.25) is 5.91 Å². The molecule has 4 heteroatoms. The first-order valence-corrected chi connectivity index (χ1v) is 6.59. The predicted molar refractivity (Wildman–Crippen MR) is 71.4 cm³/mol. The van der Waals surface area contributed by atoms with Crippen molar-refractivity contribution in [3.05, 3.63) is 34.3 Å². The third kappa shape index (κ3) is 2.69. The molecule has 0 spiro atoms. The third-order valence-corrected chi connectivity index (χ3v) is 3.82. The molecule has 1 saturated carbocycles. The van der Waals surface area contributed by atoms with Crippen LogP contribution in [-0.2, 0) is 11.3 Å². The average molecular weight is 297 g/mol. The maximum absolute atomic E-state index is 12.1. The van der Waals surface area contributed by atoms with Gasteiger partial charge in [-0.2, -0.15) is 0 Å². The summed E-state index contributed by atoms with van der Waals surface area (Å²) in [5.74, 6) is 0.0590. The summed E-state index contributed by atoms with van der Waals surface area (Å²) in [6.07, 6.45) is 2.69. The second-order valence-electron chi connectivity index (χ2n) is 4.80. The van der Waals surface area contributed by atoms with Gasteiger partial charge in [0.25, 0.3) is 0 Å². The molecule has 0 radical (unpaired) electrons. The Bertz CT molecular complexity index is 429. The van der Waals surface area contributed by atoms with E-state index in [4.69, 9.17) is 5.73 Å². The Kier molecular flexibility index (Phi) is 3.54. The number of hydrogen-bond donors (Lipinski definition) is 1. The van der Waals surface area contributed by atoms with Gasteiger partial charge in [-0.15, -0.1) is 0 Å². The minimum absolute atomic E-state index is 0.0590. The fourth-order valence-electron chi connectivity index (χ4n) is 2.13. The van der Waals surface area contributed by atoms with Gasteiger partial charge in [-0.1, -0.05) is 28.1 Å². The number of carbonyl (C=O) groups is 1. The van der Waals surface area contributed by atoms with E-state index in [1.54, 1.807) is 4.90 Å². The zero-order chi connectivity index (χ0) is 12.5. The number of hydrogen-bond acceptors (Lipinski definition) is 2. The second-order valence-corrected chi connectivity index (χ2v) is 5.72. The van der Waals surface area contributed by atoms with Crippen LogP contribution in [0.3, 0.4) is 0 Å². The van der Waals surface area contributed by atoms with Crippen LogP contribution in [0.5, 0.6) is 0 Å². The maximum Gasteiger partial charge on any atom is 0.242 e. The highest BCUT2D eigenvalue weighted by molar-refractivity contribution is 9.10. The predicted octanol–water partition coefficient (Wildman–Crippen LogP) is 2.29. The van der Waals surface area contributed by atoms with Crippen molar-refractivity contribution in [2.75, 3.05) is 7.05 Å². The van der Waals surface area contributed by atoms with E-state index in [-0.39, 0.29) is 5.91 Å². The topological polar surface area (TPSA) is 46.3 Å². The first-order valence-electron chi connectivity index (χ1n) is 5.80. The van der Waals surface area contributed by atoms with Crippen LogP contribution in [0.4, 0.5) is 0 Å². The third-order valence-electron chi connectivity index (χ3n) is 3.33. The van der Waals surface area contributed by atoms with E-state index in [0.717, 1.165) is 29.3 Å². The Morgan fingerprint density at radius 1 is 1.53 bits per heavy atom. The Hall–Kier alpha value is -0.870. The molecule has 0 saturated heterocycles. The lowest BCUT2D eigenvalue weighted by molar-refractivity contribution is -0.139. The van der Waals surface area contributed by atoms with Crippen molar-refractivity contribution < 1.29 is 4.79 Å². The second kappa shape index (κ2) is 4.78. The van der Waals surface area contributed by atoms with Crippen LogP contribution in [0.2, 0.25) is 0 Å². The molecule has 1 aliphatic rings. The smallest absolute Gasteiger partial charge is 0.242 e. The summed E-state index contributed by atoms with van der Waals surface area (Å²) in [5.41, 5.74) is 6.54. The number of amides is 1. The highest BCUT2D eigenvalue weighted by atomic mass is 79.9. The van der Waals surface area contributed by atoms with Gasteiger partial charge < -0.3 is 10.6 Å². The molecule has 0 atom stereocenters. The molecule has 2 rings (SSSR count). The molecule has 1 fully saturated rings. The Labute approximate surface area is 110 Å². The van der Waals surface area contributed by atoms with Crippen LogP contribution >= 0.6 is 15.9 Å². The van der Waals surface area contributed by atoms with Crippen molar-refractivity contribution in [3.8, 4) is 0 Å². The molecule has 92 valence electrons. The van der Waals surface area contributed by atoms with Gasteiger partial charge in [-0.05, 0) is 37.0 Å². The van der Waals surface area contributed by atoms with E-state index < -0.39 is 5.54 Å². The normalized spacial score (nSPS) is 17.4. The van der Waals surface area contributed by atoms with Gasteiger partial charge in [-0.3, -0.25) is 4.79 Å². The summed E-state index contributed by atoms with van der Waals surface area (Å²) < 4.78 is 1.03. The SMILES string of the molecule is CN(Cc1cccc(Br)c1)C(=O)C1(N)CCC1. The van der Waals surface area contributed by atoms with E-state index in [9.17, 15) is 4.79 Å². The molecule has 0 bridgehead atoms. The van der Waals surface area contributed by atoms with Crippen molar-refractivity contribution in [1.29, 1.82) is 0 Å². The number of nitrogens with zero attached hydrogens (tertiary/aromatic N) is 1. The number of likely N-dealkylation sites (N-methyl/N-ethyl adjacent to an activating group) is 1. The zero-order valence-electron chi connectivity index (χ0n) is 9.95. The van der Waals surface area contributed by atoms with E-state index in [1.165, 1.54) is 0 Å². The quantitative estimate of drug-likeness (QED) is 0.930. The summed E-state index contributed by atoms with van der Waals surface area (Å²) in [6.45, 7) is 0.608. The summed E-state index contributed by atoms with van der Waals surface area (Å²) in [5, 5.41) is 0. The highest BCUT2D eigenvalue weighted by Gasteiger charge is 2.41. The van der Waals surface area contributed by atoms with Crippen LogP contribution in [0, 0.1) is 0 Å². The van der Waals surface area contributed by atoms with Crippen molar-refractivity contribution in [2.45, 2.75) is 31.3 Å². The van der Waals surface area contributed by atoms with Gasteiger partial charge in [0.15, 0.2) is 0 Å².